The van der Waals surface area contributed by atoms with E-state index in [9.17, 15) is 23.5 Å². The molecule has 1 aromatic carbocycles. The number of hydrogen-bond donors (Lipinski definition) is 2. The summed E-state index contributed by atoms with van der Waals surface area (Å²) in [6.07, 6.45) is 2.05. The fraction of sp³-hybridized carbons (Fsp3) is 0.467. The number of hydrogen-bond acceptors (Lipinski definition) is 3. The van der Waals surface area contributed by atoms with Crippen LogP contribution in [0.25, 0.3) is 0 Å². The number of phenolic OH excluding ortho intramolecular Hbond substituents is 1. The number of fused-ring (bicyclic) bond motifs is 1. The number of aromatic hydroxyl groups is 1. The van der Waals surface area contributed by atoms with E-state index in [1.165, 1.54) is 4.90 Å². The van der Waals surface area contributed by atoms with Crippen LogP contribution in [0.2, 0.25) is 0 Å². The van der Waals surface area contributed by atoms with Crippen LogP contribution in [-0.4, -0.2) is 40.1 Å². The van der Waals surface area contributed by atoms with Gasteiger partial charge in [-0.2, -0.15) is 0 Å². The van der Waals surface area contributed by atoms with Gasteiger partial charge in [-0.1, -0.05) is 6.42 Å². The number of amides is 1. The van der Waals surface area contributed by atoms with Crippen molar-refractivity contribution in [3.8, 4) is 5.75 Å². The molecule has 118 valence electrons. The summed E-state index contributed by atoms with van der Waals surface area (Å²) in [5, 5.41) is 18.5. The van der Waals surface area contributed by atoms with Gasteiger partial charge in [0.25, 0.3) is 5.91 Å². The van der Waals surface area contributed by atoms with Gasteiger partial charge in [-0.25, -0.2) is 8.78 Å². The third-order valence-corrected chi connectivity index (χ3v) is 4.85. The molecule has 5 nitrogen and oxygen atoms in total. The molecule has 2 fully saturated rings. The SMILES string of the molecule is O=C(c1cc(F)c(O)c(F)c1)N1C[C@@H]2CCC[C@@]2(C(=O)O)C1. The lowest BCUT2D eigenvalue weighted by Gasteiger charge is -2.23. The summed E-state index contributed by atoms with van der Waals surface area (Å²) in [4.78, 5) is 25.3. The second-order valence-electron chi connectivity index (χ2n) is 6.02. The van der Waals surface area contributed by atoms with Crippen LogP contribution in [0.1, 0.15) is 29.6 Å². The zero-order valence-electron chi connectivity index (χ0n) is 11.7. The molecule has 1 aliphatic heterocycles. The summed E-state index contributed by atoms with van der Waals surface area (Å²) < 4.78 is 26.7. The quantitative estimate of drug-likeness (QED) is 0.875. The second kappa shape index (κ2) is 4.93. The Morgan fingerprint density at radius 2 is 1.91 bits per heavy atom. The average Bonchev–Trinajstić information content (AvgIpc) is 3.01. The molecule has 2 N–H and O–H groups in total. The molecule has 7 heteroatoms. The lowest BCUT2D eigenvalue weighted by Crippen LogP contribution is -2.37. The fourth-order valence-corrected chi connectivity index (χ4v) is 3.67. The van der Waals surface area contributed by atoms with E-state index in [1.54, 1.807) is 0 Å². The lowest BCUT2D eigenvalue weighted by atomic mass is 9.81. The minimum absolute atomic E-state index is 0.0515. The van der Waals surface area contributed by atoms with Crippen LogP contribution in [0.15, 0.2) is 12.1 Å². The highest BCUT2D eigenvalue weighted by Gasteiger charge is 2.55. The second-order valence-corrected chi connectivity index (χ2v) is 6.02. The zero-order valence-corrected chi connectivity index (χ0v) is 11.7. The first-order valence-corrected chi connectivity index (χ1v) is 7.06. The number of aliphatic carboxylic acids is 1. The highest BCUT2D eigenvalue weighted by molar-refractivity contribution is 5.95. The van der Waals surface area contributed by atoms with Gasteiger partial charge in [0, 0.05) is 18.7 Å². The molecule has 1 saturated heterocycles. The van der Waals surface area contributed by atoms with Crippen LogP contribution in [0.5, 0.6) is 5.75 Å². The molecule has 0 spiro atoms. The number of nitrogens with zero attached hydrogens (tertiary/aromatic N) is 1. The summed E-state index contributed by atoms with van der Waals surface area (Å²) in [5.74, 6) is -5.22. The number of halogens is 2. The van der Waals surface area contributed by atoms with Gasteiger partial charge in [-0.05, 0) is 30.9 Å². The third kappa shape index (κ3) is 2.03. The van der Waals surface area contributed by atoms with E-state index in [0.717, 1.165) is 25.0 Å². The number of phenols is 1. The number of carboxylic acids is 1. The van der Waals surface area contributed by atoms with Crippen molar-refractivity contribution in [2.45, 2.75) is 19.3 Å². The molecule has 0 bridgehead atoms. The molecule has 22 heavy (non-hydrogen) atoms. The van der Waals surface area contributed by atoms with Gasteiger partial charge in [-0.15, -0.1) is 0 Å². The van der Waals surface area contributed by atoms with E-state index in [4.69, 9.17) is 5.11 Å². The molecule has 0 unspecified atom stereocenters. The number of rotatable bonds is 2. The first kappa shape index (κ1) is 14.7. The van der Waals surface area contributed by atoms with Crippen LogP contribution >= 0.6 is 0 Å². The van der Waals surface area contributed by atoms with Crippen LogP contribution in [0.4, 0.5) is 8.78 Å². The predicted octanol–water partition coefficient (Wildman–Crippen LogP) is 2.00. The van der Waals surface area contributed by atoms with Crippen LogP contribution in [-0.2, 0) is 4.79 Å². The Bertz CT molecular complexity index is 640. The van der Waals surface area contributed by atoms with Crippen LogP contribution < -0.4 is 0 Å². The monoisotopic (exact) mass is 311 g/mol. The predicted molar refractivity (Wildman–Crippen MR) is 71.3 cm³/mol. The average molecular weight is 311 g/mol. The van der Waals surface area contributed by atoms with E-state index in [1.807, 2.05) is 0 Å². The van der Waals surface area contributed by atoms with Crippen LogP contribution in [0.3, 0.4) is 0 Å². The topological polar surface area (TPSA) is 77.8 Å². The normalized spacial score (nSPS) is 27.0. The highest BCUT2D eigenvalue weighted by Crippen LogP contribution is 2.49. The van der Waals surface area contributed by atoms with E-state index >= 15 is 0 Å². The minimum Gasteiger partial charge on any atom is -0.503 e. The summed E-state index contributed by atoms with van der Waals surface area (Å²) in [6.45, 7) is 0.325. The van der Waals surface area contributed by atoms with E-state index in [2.05, 4.69) is 0 Å². The standard InChI is InChI=1S/C15H15F2NO4/c16-10-4-8(5-11(17)12(10)19)13(20)18-6-9-2-1-3-15(9,7-18)14(21)22/h4-5,9,19H,1-3,6-7H2,(H,21,22)/t9-,15+/m0/s1. The maximum Gasteiger partial charge on any atom is 0.311 e. The molecule has 1 aromatic rings. The van der Waals surface area contributed by atoms with Crippen molar-refractivity contribution in [2.24, 2.45) is 11.3 Å². The molecule has 1 amide bonds. The molecule has 1 aliphatic carbocycles. The minimum atomic E-state index is -1.21. The third-order valence-electron chi connectivity index (χ3n) is 4.85. The molecule has 2 atom stereocenters. The molecule has 1 heterocycles. The number of benzene rings is 1. The Morgan fingerprint density at radius 3 is 2.45 bits per heavy atom. The molecule has 0 radical (unpaired) electrons. The molecule has 3 rings (SSSR count). The van der Waals surface area contributed by atoms with Crippen molar-refractivity contribution >= 4 is 11.9 Å². The summed E-state index contributed by atoms with van der Waals surface area (Å²) >= 11 is 0. The largest absolute Gasteiger partial charge is 0.503 e. The molecule has 1 saturated carbocycles. The molecule has 0 aromatic heterocycles. The fourth-order valence-electron chi connectivity index (χ4n) is 3.67. The van der Waals surface area contributed by atoms with E-state index in [-0.39, 0.29) is 24.6 Å². The van der Waals surface area contributed by atoms with Crippen molar-refractivity contribution in [2.75, 3.05) is 13.1 Å². The van der Waals surface area contributed by atoms with Crippen molar-refractivity contribution < 1.29 is 28.6 Å². The summed E-state index contributed by atoms with van der Waals surface area (Å²) in [5.41, 5.74) is -1.17. The summed E-state index contributed by atoms with van der Waals surface area (Å²) in [6, 6.07) is 1.53. The smallest absolute Gasteiger partial charge is 0.311 e. The van der Waals surface area contributed by atoms with Crippen molar-refractivity contribution in [1.29, 1.82) is 0 Å². The number of carboxylic acid groups (broad SMARTS) is 1. The van der Waals surface area contributed by atoms with Gasteiger partial charge in [0.2, 0.25) is 0 Å². The number of carbonyl (C=O) groups excluding carboxylic acids is 1. The first-order valence-electron chi connectivity index (χ1n) is 7.06. The maximum atomic E-state index is 13.4. The Kier molecular flexibility index (Phi) is 3.30. The van der Waals surface area contributed by atoms with Gasteiger partial charge in [0.05, 0.1) is 5.41 Å². The van der Waals surface area contributed by atoms with Gasteiger partial charge in [0.15, 0.2) is 17.4 Å². The van der Waals surface area contributed by atoms with Gasteiger partial charge < -0.3 is 15.1 Å². The van der Waals surface area contributed by atoms with Crippen molar-refractivity contribution in [3.63, 3.8) is 0 Å². The van der Waals surface area contributed by atoms with Crippen molar-refractivity contribution in [3.05, 3.63) is 29.3 Å². The van der Waals surface area contributed by atoms with Gasteiger partial charge in [-0.3, -0.25) is 9.59 Å². The Hall–Kier alpha value is -2.18. The maximum absolute atomic E-state index is 13.4. The summed E-state index contributed by atoms with van der Waals surface area (Å²) in [7, 11) is 0. The molecule has 2 aliphatic rings. The van der Waals surface area contributed by atoms with E-state index in [0.29, 0.717) is 6.42 Å². The Morgan fingerprint density at radius 1 is 1.27 bits per heavy atom. The number of carbonyl (C=O) groups is 2. The van der Waals surface area contributed by atoms with Gasteiger partial charge >= 0.3 is 5.97 Å². The van der Waals surface area contributed by atoms with Crippen molar-refractivity contribution in [1.82, 2.24) is 4.90 Å². The lowest BCUT2D eigenvalue weighted by molar-refractivity contribution is -0.149. The van der Waals surface area contributed by atoms with Gasteiger partial charge in [0.1, 0.15) is 0 Å². The van der Waals surface area contributed by atoms with E-state index < -0.39 is 34.7 Å². The molecular weight excluding hydrogens is 296 g/mol. The Labute approximate surface area is 125 Å². The Balaban J connectivity index is 1.87. The highest BCUT2D eigenvalue weighted by atomic mass is 19.1. The number of likely N-dealkylation sites (tertiary alicyclic amines) is 1. The first-order chi connectivity index (χ1) is 10.3. The van der Waals surface area contributed by atoms with Crippen LogP contribution in [0, 0.1) is 23.0 Å². The molecular formula is C15H15F2NO4. The zero-order chi connectivity index (χ0) is 16.1.